The average Bonchev–Trinajstić information content (AvgIpc) is 0. The molecule has 0 saturated heterocycles. The average molecular weight is 423 g/mol. The van der Waals surface area contributed by atoms with Crippen molar-refractivity contribution in [2.24, 2.45) is 0 Å². The molecule has 0 aromatic heterocycles. The molecule has 0 aliphatic rings. The summed E-state index contributed by atoms with van der Waals surface area (Å²) in [5, 5.41) is 0. The summed E-state index contributed by atoms with van der Waals surface area (Å²) in [6.45, 7) is 0. The monoisotopic (exact) mass is 423 g/mol. The van der Waals surface area contributed by atoms with Crippen LogP contribution in [-0.2, 0) is 17.1 Å². The zero-order valence-corrected chi connectivity index (χ0v) is 7.95. The third-order valence-corrected chi connectivity index (χ3v) is 0. The second-order valence-electron chi connectivity index (χ2n) is 0. The zero-order valence-electron chi connectivity index (χ0n) is 1.51. The van der Waals surface area contributed by atoms with Crippen molar-refractivity contribution in [3.63, 3.8) is 0 Å². The topological polar surface area (TPSA) is 31.5 Å². The van der Waals surface area contributed by atoms with Crippen LogP contribution in [0.3, 0.4) is 0 Å². The van der Waals surface area contributed by atoms with E-state index in [0.717, 1.165) is 0 Å². The van der Waals surface area contributed by atoms with Crippen LogP contribution >= 0.6 is 0 Å². The van der Waals surface area contributed by atoms with Crippen molar-refractivity contribution in [3.8, 4) is 0 Å². The van der Waals surface area contributed by atoms with E-state index in [-0.39, 0.29) is 133 Å². The van der Waals surface area contributed by atoms with Gasteiger partial charge in [0.25, 0.3) is 0 Å². The van der Waals surface area contributed by atoms with Crippen LogP contribution in [0.1, 0.15) is 0 Å². The molecule has 0 bridgehead atoms. The predicted octanol–water partition coefficient (Wildman–Crippen LogP) is -3.58. The van der Waals surface area contributed by atoms with Crippen molar-refractivity contribution in [1.29, 1.82) is 0 Å². The molecule has 33 valence electrons. The van der Waals surface area contributed by atoms with E-state index in [9.17, 15) is 0 Å². The van der Waals surface area contributed by atoms with Gasteiger partial charge in [-0.1, -0.05) is 0 Å². The van der Waals surface area contributed by atoms with Crippen molar-refractivity contribution >= 4 is 111 Å². The van der Waals surface area contributed by atoms with Gasteiger partial charge in [-0.15, -0.1) is 0 Å². The van der Waals surface area contributed by atoms with E-state index in [1.165, 1.54) is 0 Å². The molecule has 0 unspecified atom stereocenters. The summed E-state index contributed by atoms with van der Waals surface area (Å²) in [7, 11) is 0. The van der Waals surface area contributed by atoms with Gasteiger partial charge in [0.1, 0.15) is 0 Å². The van der Waals surface area contributed by atoms with E-state index >= 15 is 0 Å². The molecule has 0 spiro atoms. The predicted molar refractivity (Wildman–Crippen MR) is 29.2 cm³/mol. The second-order valence-corrected chi connectivity index (χ2v) is 0. The molecule has 2 N–H and O–H groups in total. The van der Waals surface area contributed by atoms with Crippen LogP contribution in [-0.4, -0.2) is 116 Å². The Balaban J connectivity index is 0. The van der Waals surface area contributed by atoms with Crippen molar-refractivity contribution < 1.29 is 22.5 Å². The van der Waals surface area contributed by atoms with Crippen molar-refractivity contribution in [2.75, 3.05) is 0 Å². The van der Waals surface area contributed by atoms with E-state index in [0.29, 0.717) is 0 Å². The first-order chi connectivity index (χ1) is 0. The summed E-state index contributed by atoms with van der Waals surface area (Å²) >= 11 is 0. The molecule has 0 fully saturated rings. The Kier molecular flexibility index (Phi) is 171. The van der Waals surface area contributed by atoms with Gasteiger partial charge in [-0.05, 0) is 0 Å². The van der Waals surface area contributed by atoms with E-state index in [1.54, 1.807) is 0 Å². The fraction of sp³-hybridized carbons (Fsp3) is 0. The Morgan fingerprint density at radius 2 is 1.00 bits per heavy atom. The molecule has 0 aromatic carbocycles. The Hall–Kier alpha value is 4.14. The fourth-order valence-corrected chi connectivity index (χ4v) is 0. The number of rotatable bonds is 0. The van der Waals surface area contributed by atoms with E-state index < -0.39 is 0 Å². The van der Waals surface area contributed by atoms with Gasteiger partial charge in [-0.25, -0.2) is 0 Å². The quantitative estimate of drug-likeness (QED) is 0.362. The number of hydrogen-bond acceptors (Lipinski definition) is 0. The van der Waals surface area contributed by atoms with E-state index in [4.69, 9.17) is 0 Å². The summed E-state index contributed by atoms with van der Waals surface area (Å²) in [6, 6.07) is 0. The summed E-state index contributed by atoms with van der Waals surface area (Å²) in [5.41, 5.74) is 0. The van der Waals surface area contributed by atoms with Crippen LogP contribution in [0.5, 0.6) is 0 Å². The van der Waals surface area contributed by atoms with Gasteiger partial charge in [-0.2, -0.15) is 0 Å². The van der Waals surface area contributed by atoms with Crippen molar-refractivity contribution in [3.05, 3.63) is 0 Å². The standard InChI is InChI=1S/Ca.Cu.H2O.Pb.Sr.6H/h;;1H2;;;;;;;;. The first kappa shape index (κ1) is 35.3. The SMILES string of the molecule is O.[CaH2].[Cu].[PbH2].[SrH2]. The molecule has 1 nitrogen and oxygen atoms in total. The molecule has 0 aliphatic heterocycles. The summed E-state index contributed by atoms with van der Waals surface area (Å²) in [6.07, 6.45) is 0. The van der Waals surface area contributed by atoms with Crippen molar-refractivity contribution in [2.45, 2.75) is 0 Å². The second kappa shape index (κ2) is 24.2. The Labute approximate surface area is 129 Å². The third kappa shape index (κ3) is 17.9. The van der Waals surface area contributed by atoms with Crippen LogP contribution in [0, 0.1) is 0 Å². The molecule has 0 saturated carbocycles. The van der Waals surface area contributed by atoms with Gasteiger partial charge in [-0.3, -0.25) is 0 Å². The molecule has 0 aromatic rings. The molecule has 5 heavy (non-hydrogen) atoms. The molecule has 0 aliphatic carbocycles. The molecule has 5 heteroatoms. The Morgan fingerprint density at radius 3 is 1.00 bits per heavy atom. The maximum absolute atomic E-state index is 0. The van der Waals surface area contributed by atoms with Gasteiger partial charge in [0, 0.05) is 17.1 Å². The van der Waals surface area contributed by atoms with Gasteiger partial charge in [0.2, 0.25) is 0 Å². The maximum atomic E-state index is 0. The molecular weight excluding hydrogens is 414 g/mol. The van der Waals surface area contributed by atoms with Gasteiger partial charge in [0.15, 0.2) is 0 Å². The molecule has 3 radical (unpaired) electrons. The van der Waals surface area contributed by atoms with E-state index in [2.05, 4.69) is 0 Å². The molecular formula is H8CaCuOPbSr. The normalized spacial score (nSPS) is 0. The Morgan fingerprint density at radius 1 is 1.00 bits per heavy atom. The molecule has 0 heterocycles. The molecule has 0 rings (SSSR count). The van der Waals surface area contributed by atoms with Crippen LogP contribution < -0.4 is 0 Å². The zero-order chi connectivity index (χ0) is 0. The minimum atomic E-state index is 0. The molecule has 0 atom stereocenters. The summed E-state index contributed by atoms with van der Waals surface area (Å²) < 4.78 is 0. The van der Waals surface area contributed by atoms with Gasteiger partial charge in [0.05, 0.1) is 0 Å². The van der Waals surface area contributed by atoms with Crippen LogP contribution in [0.4, 0.5) is 0 Å². The first-order valence-electron chi connectivity index (χ1n) is 0. The summed E-state index contributed by atoms with van der Waals surface area (Å²) in [4.78, 5) is 0. The number of hydrogen-bond donors (Lipinski definition) is 0. The summed E-state index contributed by atoms with van der Waals surface area (Å²) in [5.74, 6) is 0. The van der Waals surface area contributed by atoms with Gasteiger partial charge < -0.3 is 5.48 Å². The van der Waals surface area contributed by atoms with Crippen LogP contribution in [0.2, 0.25) is 0 Å². The van der Waals surface area contributed by atoms with E-state index in [1.807, 2.05) is 0 Å². The first-order valence-corrected chi connectivity index (χ1v) is 0. The molecule has 0 amide bonds. The van der Waals surface area contributed by atoms with Gasteiger partial charge >= 0.3 is 111 Å². The third-order valence-electron chi connectivity index (χ3n) is 0. The fourth-order valence-electron chi connectivity index (χ4n) is 0. The van der Waals surface area contributed by atoms with Crippen LogP contribution in [0.25, 0.3) is 0 Å². The van der Waals surface area contributed by atoms with Crippen molar-refractivity contribution in [1.82, 2.24) is 0 Å². The Bertz CT molecular complexity index is 11.6. The van der Waals surface area contributed by atoms with Crippen LogP contribution in [0.15, 0.2) is 0 Å². The minimum absolute atomic E-state index is 0.